The number of nitrogens with zero attached hydrogens (tertiary/aromatic N) is 2. The van der Waals surface area contributed by atoms with Gasteiger partial charge in [0, 0.05) is 32.0 Å². The zero-order chi connectivity index (χ0) is 9.68. The van der Waals surface area contributed by atoms with Crippen molar-refractivity contribution in [2.24, 2.45) is 0 Å². The van der Waals surface area contributed by atoms with Crippen LogP contribution in [0.15, 0.2) is 6.20 Å². The summed E-state index contributed by atoms with van der Waals surface area (Å²) >= 11 is 0. The molecule has 0 aliphatic carbocycles. The number of nitrogens with two attached hydrogens (primary N) is 1. The van der Waals surface area contributed by atoms with Crippen LogP contribution in [0.4, 0.5) is 5.82 Å². The fourth-order valence-corrected chi connectivity index (χ4v) is 1.17. The first-order valence-corrected chi connectivity index (χ1v) is 4.52. The SMILES string of the molecule is COCCCCn1cc(C)c(N)n1. The van der Waals surface area contributed by atoms with Crippen LogP contribution in [0.3, 0.4) is 0 Å². The molecule has 0 atom stereocenters. The Labute approximate surface area is 78.7 Å². The van der Waals surface area contributed by atoms with E-state index in [1.807, 2.05) is 17.8 Å². The fourth-order valence-electron chi connectivity index (χ4n) is 1.17. The Morgan fingerprint density at radius 1 is 1.54 bits per heavy atom. The molecule has 0 amide bonds. The molecule has 4 heteroatoms. The van der Waals surface area contributed by atoms with Gasteiger partial charge in [0.25, 0.3) is 0 Å². The number of rotatable bonds is 5. The number of unbranched alkanes of at least 4 members (excludes halogenated alkanes) is 1. The van der Waals surface area contributed by atoms with Gasteiger partial charge in [-0.1, -0.05) is 0 Å². The van der Waals surface area contributed by atoms with E-state index in [1.165, 1.54) is 0 Å². The standard InChI is InChI=1S/C9H17N3O/c1-8-7-12(11-9(8)10)5-3-4-6-13-2/h7H,3-6H2,1-2H3,(H2,10,11). The number of aryl methyl sites for hydroxylation is 2. The molecule has 0 unspecified atom stereocenters. The largest absolute Gasteiger partial charge is 0.385 e. The van der Waals surface area contributed by atoms with Gasteiger partial charge in [0.15, 0.2) is 0 Å². The molecule has 0 aromatic carbocycles. The zero-order valence-electron chi connectivity index (χ0n) is 8.29. The molecule has 0 saturated carbocycles. The van der Waals surface area contributed by atoms with Gasteiger partial charge in [-0.3, -0.25) is 4.68 Å². The van der Waals surface area contributed by atoms with Gasteiger partial charge < -0.3 is 10.5 Å². The van der Waals surface area contributed by atoms with Crippen LogP contribution >= 0.6 is 0 Å². The lowest BCUT2D eigenvalue weighted by atomic mass is 10.3. The second-order valence-corrected chi connectivity index (χ2v) is 3.16. The van der Waals surface area contributed by atoms with E-state index in [1.54, 1.807) is 7.11 Å². The van der Waals surface area contributed by atoms with E-state index in [0.29, 0.717) is 5.82 Å². The number of anilines is 1. The molecule has 0 aliphatic heterocycles. The molecule has 74 valence electrons. The number of hydrogen-bond acceptors (Lipinski definition) is 3. The molecule has 2 N–H and O–H groups in total. The van der Waals surface area contributed by atoms with Crippen LogP contribution < -0.4 is 5.73 Å². The second-order valence-electron chi connectivity index (χ2n) is 3.16. The summed E-state index contributed by atoms with van der Waals surface area (Å²) in [5.74, 6) is 0.631. The van der Waals surface area contributed by atoms with E-state index in [-0.39, 0.29) is 0 Å². The van der Waals surface area contributed by atoms with E-state index >= 15 is 0 Å². The maximum Gasteiger partial charge on any atom is 0.148 e. The van der Waals surface area contributed by atoms with Crippen LogP contribution in [0.25, 0.3) is 0 Å². The van der Waals surface area contributed by atoms with Crippen LogP contribution in [0.1, 0.15) is 18.4 Å². The minimum absolute atomic E-state index is 0.631. The van der Waals surface area contributed by atoms with Gasteiger partial charge in [-0.15, -0.1) is 0 Å². The van der Waals surface area contributed by atoms with Gasteiger partial charge in [0.2, 0.25) is 0 Å². The monoisotopic (exact) mass is 183 g/mol. The molecule has 0 saturated heterocycles. The molecule has 1 aromatic heterocycles. The summed E-state index contributed by atoms with van der Waals surface area (Å²) in [6.07, 6.45) is 4.12. The number of methoxy groups -OCH3 is 1. The first kappa shape index (κ1) is 10.1. The average molecular weight is 183 g/mol. The van der Waals surface area contributed by atoms with Crippen molar-refractivity contribution in [2.45, 2.75) is 26.3 Å². The third-order valence-corrected chi connectivity index (χ3v) is 1.97. The Bertz CT molecular complexity index is 238. The summed E-state index contributed by atoms with van der Waals surface area (Å²) in [5.41, 5.74) is 6.66. The van der Waals surface area contributed by atoms with Crippen molar-refractivity contribution < 1.29 is 4.74 Å². The molecule has 1 heterocycles. The first-order valence-electron chi connectivity index (χ1n) is 4.52. The highest BCUT2D eigenvalue weighted by Gasteiger charge is 1.99. The van der Waals surface area contributed by atoms with Gasteiger partial charge >= 0.3 is 0 Å². The van der Waals surface area contributed by atoms with Gasteiger partial charge in [-0.05, 0) is 19.8 Å². The maximum absolute atomic E-state index is 5.61. The minimum atomic E-state index is 0.631. The summed E-state index contributed by atoms with van der Waals surface area (Å²) in [7, 11) is 1.72. The fraction of sp³-hybridized carbons (Fsp3) is 0.667. The highest BCUT2D eigenvalue weighted by Crippen LogP contribution is 2.06. The molecule has 0 radical (unpaired) electrons. The summed E-state index contributed by atoms with van der Waals surface area (Å²) < 4.78 is 6.84. The molecule has 13 heavy (non-hydrogen) atoms. The van der Waals surface area contributed by atoms with Crippen LogP contribution in [-0.2, 0) is 11.3 Å². The van der Waals surface area contributed by atoms with Crippen molar-refractivity contribution in [2.75, 3.05) is 19.5 Å². The van der Waals surface area contributed by atoms with Crippen molar-refractivity contribution in [3.63, 3.8) is 0 Å². The third-order valence-electron chi connectivity index (χ3n) is 1.97. The summed E-state index contributed by atoms with van der Waals surface area (Å²) in [6, 6.07) is 0. The van der Waals surface area contributed by atoms with Gasteiger partial charge in [0.1, 0.15) is 5.82 Å². The van der Waals surface area contributed by atoms with Crippen LogP contribution in [0.2, 0.25) is 0 Å². The highest BCUT2D eigenvalue weighted by molar-refractivity contribution is 5.35. The van der Waals surface area contributed by atoms with Crippen molar-refractivity contribution in [3.05, 3.63) is 11.8 Å². The molecule has 0 bridgehead atoms. The van der Waals surface area contributed by atoms with Crippen LogP contribution in [-0.4, -0.2) is 23.5 Å². The zero-order valence-corrected chi connectivity index (χ0v) is 8.29. The molecule has 0 spiro atoms. The summed E-state index contributed by atoms with van der Waals surface area (Å²) in [6.45, 7) is 3.70. The molecular weight excluding hydrogens is 166 g/mol. The van der Waals surface area contributed by atoms with Crippen LogP contribution in [0, 0.1) is 6.92 Å². The van der Waals surface area contributed by atoms with Gasteiger partial charge in [0.05, 0.1) is 0 Å². The average Bonchev–Trinajstić information content (AvgIpc) is 2.41. The predicted molar refractivity (Wildman–Crippen MR) is 52.5 cm³/mol. The Hall–Kier alpha value is -1.03. The first-order chi connectivity index (χ1) is 6.24. The lowest BCUT2D eigenvalue weighted by Gasteiger charge is -2.00. The van der Waals surface area contributed by atoms with Crippen molar-refractivity contribution >= 4 is 5.82 Å². The molecule has 1 aromatic rings. The van der Waals surface area contributed by atoms with E-state index in [2.05, 4.69) is 5.10 Å². The van der Waals surface area contributed by atoms with E-state index < -0.39 is 0 Å². The van der Waals surface area contributed by atoms with Gasteiger partial charge in [-0.25, -0.2) is 0 Å². The summed E-state index contributed by atoms with van der Waals surface area (Å²) in [5, 5.41) is 4.16. The number of nitrogen functional groups attached to an aromatic ring is 1. The predicted octanol–water partition coefficient (Wildman–Crippen LogP) is 1.20. The molecule has 0 fully saturated rings. The maximum atomic E-state index is 5.61. The topological polar surface area (TPSA) is 53.1 Å². The van der Waals surface area contributed by atoms with Gasteiger partial charge in [-0.2, -0.15) is 5.10 Å². The molecular formula is C9H17N3O. The van der Waals surface area contributed by atoms with E-state index in [0.717, 1.165) is 31.6 Å². The molecule has 4 nitrogen and oxygen atoms in total. The lowest BCUT2D eigenvalue weighted by Crippen LogP contribution is -2.01. The second kappa shape index (κ2) is 4.87. The number of hydrogen-bond donors (Lipinski definition) is 1. The quantitative estimate of drug-likeness (QED) is 0.698. The van der Waals surface area contributed by atoms with E-state index in [9.17, 15) is 0 Å². The molecule has 1 rings (SSSR count). The van der Waals surface area contributed by atoms with Crippen LogP contribution in [0.5, 0.6) is 0 Å². The van der Waals surface area contributed by atoms with Crippen molar-refractivity contribution in [3.8, 4) is 0 Å². The Morgan fingerprint density at radius 2 is 2.31 bits per heavy atom. The molecule has 0 aliphatic rings. The Kier molecular flexibility index (Phi) is 3.76. The Morgan fingerprint density at radius 3 is 2.85 bits per heavy atom. The van der Waals surface area contributed by atoms with Crippen molar-refractivity contribution in [1.29, 1.82) is 0 Å². The normalized spacial score (nSPS) is 10.6. The van der Waals surface area contributed by atoms with E-state index in [4.69, 9.17) is 10.5 Å². The number of aromatic nitrogens is 2. The Balaban J connectivity index is 2.29. The van der Waals surface area contributed by atoms with Crippen molar-refractivity contribution in [1.82, 2.24) is 9.78 Å². The lowest BCUT2D eigenvalue weighted by molar-refractivity contribution is 0.191. The summed E-state index contributed by atoms with van der Waals surface area (Å²) in [4.78, 5) is 0. The third kappa shape index (κ3) is 3.06. The smallest absolute Gasteiger partial charge is 0.148 e. The minimum Gasteiger partial charge on any atom is -0.385 e. The highest BCUT2D eigenvalue weighted by atomic mass is 16.5. The number of ether oxygens (including phenoxy) is 1.